The Labute approximate surface area is 221 Å². The number of para-hydroxylation sites is 1. The first kappa shape index (κ1) is 25.6. The van der Waals surface area contributed by atoms with Crippen LogP contribution in [0.2, 0.25) is 0 Å². The van der Waals surface area contributed by atoms with Crippen LogP contribution in [-0.2, 0) is 6.54 Å². The zero-order chi connectivity index (χ0) is 26.6. The topological polar surface area (TPSA) is 66.7 Å². The molecule has 2 saturated heterocycles. The van der Waals surface area contributed by atoms with Crippen molar-refractivity contribution in [2.45, 2.75) is 19.5 Å². The molecule has 196 valence electrons. The van der Waals surface area contributed by atoms with Crippen molar-refractivity contribution in [2.24, 2.45) is 0 Å². The number of hydrogen-bond acceptors (Lipinski definition) is 6. The molecule has 2 aliphatic rings. The maximum atomic E-state index is 14.8. The summed E-state index contributed by atoms with van der Waals surface area (Å²) in [7, 11) is 0. The number of halogens is 2. The van der Waals surface area contributed by atoms with Crippen LogP contribution in [0.15, 0.2) is 60.8 Å². The van der Waals surface area contributed by atoms with Crippen LogP contribution in [0.4, 0.5) is 20.3 Å². The van der Waals surface area contributed by atoms with Crippen molar-refractivity contribution < 1.29 is 13.6 Å². The average molecular weight is 517 g/mol. The minimum atomic E-state index is -0.522. The Bertz CT molecular complexity index is 1330. The highest BCUT2D eigenvalue weighted by atomic mass is 19.1. The third kappa shape index (κ3) is 5.46. The van der Waals surface area contributed by atoms with Crippen LogP contribution in [0.5, 0.6) is 0 Å². The molecule has 7 nitrogen and oxygen atoms in total. The number of nitriles is 1. The zero-order valence-corrected chi connectivity index (χ0v) is 21.4. The van der Waals surface area contributed by atoms with Gasteiger partial charge in [-0.15, -0.1) is 0 Å². The molecule has 0 saturated carbocycles. The molecule has 2 aliphatic heterocycles. The van der Waals surface area contributed by atoms with Gasteiger partial charge in [0.1, 0.15) is 23.5 Å². The molecule has 0 spiro atoms. The summed E-state index contributed by atoms with van der Waals surface area (Å²) in [5, 5.41) is 9.41. The smallest absolute Gasteiger partial charge is 0.257 e. The number of benzene rings is 2. The van der Waals surface area contributed by atoms with Crippen LogP contribution in [0.25, 0.3) is 0 Å². The van der Waals surface area contributed by atoms with Crippen molar-refractivity contribution in [3.63, 3.8) is 0 Å². The molecule has 0 N–H and O–H groups in total. The third-order valence-electron chi connectivity index (χ3n) is 7.33. The predicted octanol–water partition coefficient (Wildman–Crippen LogP) is 3.90. The Kier molecular flexibility index (Phi) is 7.52. The minimum absolute atomic E-state index is 0.0873. The molecule has 0 unspecified atom stereocenters. The molecule has 9 heteroatoms. The summed E-state index contributed by atoms with van der Waals surface area (Å²) in [5.41, 5.74) is 2.60. The molecule has 1 amide bonds. The van der Waals surface area contributed by atoms with Crippen molar-refractivity contribution in [1.29, 1.82) is 5.26 Å². The van der Waals surface area contributed by atoms with Crippen molar-refractivity contribution in [3.05, 3.63) is 89.1 Å². The van der Waals surface area contributed by atoms with Gasteiger partial charge >= 0.3 is 0 Å². The molecular formula is C29H30F2N6O. The van der Waals surface area contributed by atoms with E-state index in [1.54, 1.807) is 23.1 Å². The summed E-state index contributed by atoms with van der Waals surface area (Å²) in [6.07, 6.45) is 1.18. The lowest BCUT2D eigenvalue weighted by Crippen LogP contribution is -2.54. The lowest BCUT2D eigenvalue weighted by atomic mass is 10.1. The van der Waals surface area contributed by atoms with E-state index in [9.17, 15) is 18.8 Å². The standard InChI is InChI=1S/C29H30F2N6O/c1-21-19-36(28-9-7-24(30)18-33-28)14-15-37(21)29(38)25-16-22(6-8-26(25)31)20-34-10-12-35(13-11-34)27-5-3-2-4-23(27)17-32/h2-9,16,18,21H,10-15,19-20H2,1H3/t21-/m1/s1. The molecule has 3 aromatic rings. The highest BCUT2D eigenvalue weighted by Gasteiger charge is 2.30. The summed E-state index contributed by atoms with van der Waals surface area (Å²) < 4.78 is 28.1. The lowest BCUT2D eigenvalue weighted by Gasteiger charge is -2.40. The number of rotatable bonds is 5. The molecule has 3 heterocycles. The van der Waals surface area contributed by atoms with Crippen LogP contribution >= 0.6 is 0 Å². The van der Waals surface area contributed by atoms with Gasteiger partial charge in [0.2, 0.25) is 0 Å². The van der Waals surface area contributed by atoms with E-state index in [1.165, 1.54) is 18.3 Å². The van der Waals surface area contributed by atoms with Gasteiger partial charge in [-0.05, 0) is 48.9 Å². The minimum Gasteiger partial charge on any atom is -0.368 e. The zero-order valence-electron chi connectivity index (χ0n) is 21.4. The van der Waals surface area contributed by atoms with E-state index in [4.69, 9.17) is 0 Å². The SMILES string of the molecule is C[C@@H]1CN(c2ccc(F)cn2)CCN1C(=O)c1cc(CN2CCN(c3ccccc3C#N)CC2)ccc1F. The van der Waals surface area contributed by atoms with Crippen LogP contribution in [-0.4, -0.2) is 72.5 Å². The molecule has 0 radical (unpaired) electrons. The Morgan fingerprint density at radius 1 is 1.00 bits per heavy atom. The summed E-state index contributed by atoms with van der Waals surface area (Å²) >= 11 is 0. The normalized spacial score (nSPS) is 18.4. The number of aromatic nitrogens is 1. The fraction of sp³-hybridized carbons (Fsp3) is 0.345. The number of pyridine rings is 1. The molecule has 2 fully saturated rings. The number of piperazine rings is 2. The van der Waals surface area contributed by atoms with Crippen molar-refractivity contribution >= 4 is 17.4 Å². The number of carbonyl (C=O) groups is 1. The number of anilines is 2. The monoisotopic (exact) mass is 516 g/mol. The Balaban J connectivity index is 1.21. The van der Waals surface area contributed by atoms with Crippen LogP contribution in [0.3, 0.4) is 0 Å². The van der Waals surface area contributed by atoms with Crippen molar-refractivity contribution in [3.8, 4) is 6.07 Å². The summed E-state index contributed by atoms with van der Waals surface area (Å²) in [6.45, 7) is 7.22. The lowest BCUT2D eigenvalue weighted by molar-refractivity contribution is 0.0668. The maximum absolute atomic E-state index is 14.8. The highest BCUT2D eigenvalue weighted by molar-refractivity contribution is 5.95. The fourth-order valence-electron chi connectivity index (χ4n) is 5.26. The molecule has 5 rings (SSSR count). The average Bonchev–Trinajstić information content (AvgIpc) is 2.94. The number of nitrogens with zero attached hydrogens (tertiary/aromatic N) is 6. The molecule has 1 atom stereocenters. The van der Waals surface area contributed by atoms with E-state index >= 15 is 0 Å². The van der Waals surface area contributed by atoms with E-state index < -0.39 is 11.6 Å². The quantitative estimate of drug-likeness (QED) is 0.513. The Hall–Kier alpha value is -4.03. The number of amides is 1. The van der Waals surface area contributed by atoms with E-state index in [2.05, 4.69) is 20.9 Å². The van der Waals surface area contributed by atoms with Gasteiger partial charge in [0.25, 0.3) is 5.91 Å². The van der Waals surface area contributed by atoms with Gasteiger partial charge in [-0.25, -0.2) is 13.8 Å². The Morgan fingerprint density at radius 2 is 1.76 bits per heavy atom. The van der Waals surface area contributed by atoms with Gasteiger partial charge in [-0.3, -0.25) is 9.69 Å². The van der Waals surface area contributed by atoms with Gasteiger partial charge in [0, 0.05) is 58.4 Å². The first-order valence-corrected chi connectivity index (χ1v) is 12.9. The van der Waals surface area contributed by atoms with Gasteiger partial charge < -0.3 is 14.7 Å². The van der Waals surface area contributed by atoms with Crippen LogP contribution < -0.4 is 9.80 Å². The second-order valence-electron chi connectivity index (χ2n) is 9.83. The van der Waals surface area contributed by atoms with E-state index in [-0.39, 0.29) is 17.5 Å². The second-order valence-corrected chi connectivity index (χ2v) is 9.83. The molecule has 1 aromatic heterocycles. The molecule has 2 aromatic carbocycles. The van der Waals surface area contributed by atoms with Crippen LogP contribution in [0, 0.1) is 23.0 Å². The maximum Gasteiger partial charge on any atom is 0.257 e. The van der Waals surface area contributed by atoms with Gasteiger partial charge in [-0.1, -0.05) is 18.2 Å². The first-order valence-electron chi connectivity index (χ1n) is 12.9. The summed E-state index contributed by atoms with van der Waals surface area (Å²) in [5.74, 6) is -0.570. The third-order valence-corrected chi connectivity index (χ3v) is 7.33. The van der Waals surface area contributed by atoms with E-state index in [1.807, 2.05) is 36.1 Å². The van der Waals surface area contributed by atoms with Crippen molar-refractivity contribution in [2.75, 3.05) is 55.6 Å². The van der Waals surface area contributed by atoms with E-state index in [0.717, 1.165) is 37.4 Å². The van der Waals surface area contributed by atoms with Crippen LogP contribution in [0.1, 0.15) is 28.4 Å². The highest BCUT2D eigenvalue weighted by Crippen LogP contribution is 2.24. The van der Waals surface area contributed by atoms with Gasteiger partial charge in [0.05, 0.1) is 23.0 Å². The number of hydrogen-bond donors (Lipinski definition) is 0. The molecule has 0 bridgehead atoms. The van der Waals surface area contributed by atoms with Gasteiger partial charge in [0.15, 0.2) is 0 Å². The summed E-state index contributed by atoms with van der Waals surface area (Å²) in [6, 6.07) is 17.5. The molecule has 38 heavy (non-hydrogen) atoms. The predicted molar refractivity (Wildman–Crippen MR) is 142 cm³/mol. The van der Waals surface area contributed by atoms with E-state index in [0.29, 0.717) is 37.6 Å². The summed E-state index contributed by atoms with van der Waals surface area (Å²) in [4.78, 5) is 25.7. The molecular weight excluding hydrogens is 486 g/mol. The van der Waals surface area contributed by atoms with Gasteiger partial charge in [-0.2, -0.15) is 5.26 Å². The van der Waals surface area contributed by atoms with Crippen molar-refractivity contribution in [1.82, 2.24) is 14.8 Å². The second kappa shape index (κ2) is 11.2. The fourth-order valence-corrected chi connectivity index (χ4v) is 5.26. The molecule has 0 aliphatic carbocycles. The largest absolute Gasteiger partial charge is 0.368 e. The Morgan fingerprint density at radius 3 is 2.47 bits per heavy atom. The first-order chi connectivity index (χ1) is 18.4. The number of carbonyl (C=O) groups excluding carboxylic acids is 1.